The van der Waals surface area contributed by atoms with Gasteiger partial charge in [-0.25, -0.2) is 0 Å². The minimum Gasteiger partial charge on any atom is -0.324 e. The van der Waals surface area contributed by atoms with Crippen LogP contribution in [-0.2, 0) is 9.59 Å². The van der Waals surface area contributed by atoms with Crippen molar-refractivity contribution in [1.29, 1.82) is 0 Å². The first-order chi connectivity index (χ1) is 12.5. The molecular weight excluding hydrogens is 348 g/mol. The average molecular weight is 371 g/mol. The van der Waals surface area contributed by atoms with E-state index in [0.717, 1.165) is 24.0 Å². The number of halogens is 1. The number of nitrogens with one attached hydrogen (secondary N) is 1. The molecule has 0 radical (unpaired) electrons. The van der Waals surface area contributed by atoms with Gasteiger partial charge in [0, 0.05) is 22.2 Å². The van der Waals surface area contributed by atoms with E-state index in [-0.39, 0.29) is 30.3 Å². The van der Waals surface area contributed by atoms with Crippen molar-refractivity contribution in [2.45, 2.75) is 32.7 Å². The first-order valence-electron chi connectivity index (χ1n) is 8.99. The molecule has 5 heteroatoms. The Kier molecular flexibility index (Phi) is 5.62. The standard InChI is InChI=1S/C21H23ClN2O2/c1-3-14(4-2)21(26)24-13-19(25)23-18-11-10-16(22)12-17(18)20(24)15-8-6-5-7-9-15/h5-12,14,20H,3-4,13H2,1-2H3,(H,23,25)/t20-/m1/s1. The van der Waals surface area contributed by atoms with Gasteiger partial charge in [-0.3, -0.25) is 9.59 Å². The number of nitrogens with zero attached hydrogens (tertiary/aromatic N) is 1. The molecule has 0 aromatic heterocycles. The van der Waals surface area contributed by atoms with Gasteiger partial charge in [0.1, 0.15) is 6.54 Å². The smallest absolute Gasteiger partial charge is 0.244 e. The third-order valence-electron chi connectivity index (χ3n) is 4.94. The summed E-state index contributed by atoms with van der Waals surface area (Å²) in [6.07, 6.45) is 1.49. The van der Waals surface area contributed by atoms with Crippen LogP contribution in [0.4, 0.5) is 5.69 Å². The van der Waals surface area contributed by atoms with Crippen LogP contribution in [0, 0.1) is 5.92 Å². The first kappa shape index (κ1) is 18.5. The summed E-state index contributed by atoms with van der Waals surface area (Å²) in [7, 11) is 0. The van der Waals surface area contributed by atoms with E-state index in [1.165, 1.54) is 0 Å². The Morgan fingerprint density at radius 3 is 2.54 bits per heavy atom. The van der Waals surface area contributed by atoms with Crippen LogP contribution in [0.3, 0.4) is 0 Å². The molecule has 0 saturated heterocycles. The molecular formula is C21H23ClN2O2. The van der Waals surface area contributed by atoms with E-state index in [1.807, 2.05) is 50.2 Å². The van der Waals surface area contributed by atoms with Crippen molar-refractivity contribution in [2.24, 2.45) is 5.92 Å². The number of benzene rings is 2. The minimum atomic E-state index is -0.350. The Hall–Kier alpha value is -2.33. The lowest BCUT2D eigenvalue weighted by atomic mass is 9.93. The lowest BCUT2D eigenvalue weighted by Gasteiger charge is -2.33. The molecule has 0 fully saturated rings. The molecule has 2 amide bonds. The van der Waals surface area contributed by atoms with E-state index in [1.54, 1.807) is 17.0 Å². The number of hydrogen-bond donors (Lipinski definition) is 1. The number of carbonyl (C=O) groups excluding carboxylic acids is 2. The molecule has 4 nitrogen and oxygen atoms in total. The Morgan fingerprint density at radius 2 is 1.88 bits per heavy atom. The molecule has 136 valence electrons. The van der Waals surface area contributed by atoms with Crippen molar-refractivity contribution in [3.63, 3.8) is 0 Å². The molecule has 0 bridgehead atoms. The summed E-state index contributed by atoms with van der Waals surface area (Å²) in [4.78, 5) is 27.4. The van der Waals surface area contributed by atoms with E-state index in [0.29, 0.717) is 10.7 Å². The number of fused-ring (bicyclic) bond motifs is 1. The van der Waals surface area contributed by atoms with E-state index < -0.39 is 0 Å². The van der Waals surface area contributed by atoms with Gasteiger partial charge < -0.3 is 10.2 Å². The molecule has 0 spiro atoms. The van der Waals surface area contributed by atoms with Crippen molar-refractivity contribution >= 4 is 29.1 Å². The molecule has 1 N–H and O–H groups in total. The van der Waals surface area contributed by atoms with E-state index >= 15 is 0 Å². The molecule has 26 heavy (non-hydrogen) atoms. The zero-order valence-corrected chi connectivity index (χ0v) is 15.8. The Morgan fingerprint density at radius 1 is 1.19 bits per heavy atom. The van der Waals surface area contributed by atoms with Crippen molar-refractivity contribution in [2.75, 3.05) is 11.9 Å². The zero-order valence-electron chi connectivity index (χ0n) is 15.0. The highest BCUT2D eigenvalue weighted by Gasteiger charge is 2.35. The summed E-state index contributed by atoms with van der Waals surface area (Å²) in [6, 6.07) is 14.8. The van der Waals surface area contributed by atoms with Gasteiger partial charge in [-0.2, -0.15) is 0 Å². The highest BCUT2D eigenvalue weighted by Crippen LogP contribution is 2.38. The fraction of sp³-hybridized carbons (Fsp3) is 0.333. The molecule has 0 aliphatic carbocycles. The summed E-state index contributed by atoms with van der Waals surface area (Å²) in [5.41, 5.74) is 2.51. The summed E-state index contributed by atoms with van der Waals surface area (Å²) < 4.78 is 0. The topological polar surface area (TPSA) is 49.4 Å². The maximum Gasteiger partial charge on any atom is 0.244 e. The summed E-state index contributed by atoms with van der Waals surface area (Å²) >= 11 is 6.25. The first-order valence-corrected chi connectivity index (χ1v) is 9.37. The number of anilines is 1. The number of carbonyl (C=O) groups is 2. The molecule has 1 aliphatic rings. The summed E-state index contributed by atoms with van der Waals surface area (Å²) in [5, 5.41) is 3.50. The maximum atomic E-state index is 13.3. The van der Waals surface area contributed by atoms with Crippen molar-refractivity contribution < 1.29 is 9.59 Å². The monoisotopic (exact) mass is 370 g/mol. The molecule has 1 atom stereocenters. The molecule has 2 aromatic rings. The van der Waals surface area contributed by atoms with Gasteiger partial charge in [-0.15, -0.1) is 0 Å². The number of hydrogen-bond acceptors (Lipinski definition) is 2. The predicted molar refractivity (Wildman–Crippen MR) is 104 cm³/mol. The Bertz CT molecular complexity index is 803. The van der Waals surface area contributed by atoms with Crippen LogP contribution < -0.4 is 5.32 Å². The van der Waals surface area contributed by atoms with Gasteiger partial charge in [-0.1, -0.05) is 55.8 Å². The van der Waals surface area contributed by atoms with E-state index in [4.69, 9.17) is 11.6 Å². The van der Waals surface area contributed by atoms with Gasteiger partial charge in [-0.05, 0) is 36.6 Å². The molecule has 1 heterocycles. The maximum absolute atomic E-state index is 13.3. The van der Waals surface area contributed by atoms with Crippen LogP contribution in [0.2, 0.25) is 5.02 Å². The van der Waals surface area contributed by atoms with Crippen LogP contribution in [0.25, 0.3) is 0 Å². The van der Waals surface area contributed by atoms with Crippen LogP contribution >= 0.6 is 11.6 Å². The third-order valence-corrected chi connectivity index (χ3v) is 5.18. The van der Waals surface area contributed by atoms with Crippen molar-refractivity contribution in [1.82, 2.24) is 4.90 Å². The lowest BCUT2D eigenvalue weighted by molar-refractivity contribution is -0.140. The molecule has 0 unspecified atom stereocenters. The largest absolute Gasteiger partial charge is 0.324 e. The SMILES string of the molecule is CCC(CC)C(=O)N1CC(=O)Nc2ccc(Cl)cc2[C@H]1c1ccccc1. The molecule has 1 aliphatic heterocycles. The van der Waals surface area contributed by atoms with Gasteiger partial charge in [0.2, 0.25) is 11.8 Å². The number of amides is 2. The van der Waals surface area contributed by atoms with Crippen LogP contribution in [-0.4, -0.2) is 23.3 Å². The fourth-order valence-electron chi connectivity index (χ4n) is 3.55. The second kappa shape index (κ2) is 7.92. The lowest BCUT2D eigenvalue weighted by Crippen LogP contribution is -2.42. The Labute approximate surface area is 159 Å². The molecule has 0 saturated carbocycles. The van der Waals surface area contributed by atoms with Gasteiger partial charge in [0.05, 0.1) is 6.04 Å². The second-order valence-electron chi connectivity index (χ2n) is 6.57. The van der Waals surface area contributed by atoms with Crippen molar-refractivity contribution in [3.8, 4) is 0 Å². The van der Waals surface area contributed by atoms with E-state index in [9.17, 15) is 9.59 Å². The molecule has 2 aromatic carbocycles. The van der Waals surface area contributed by atoms with Crippen LogP contribution in [0.15, 0.2) is 48.5 Å². The predicted octanol–water partition coefficient (Wildman–Crippen LogP) is 4.65. The quantitative estimate of drug-likeness (QED) is 0.851. The fourth-order valence-corrected chi connectivity index (χ4v) is 3.73. The van der Waals surface area contributed by atoms with Gasteiger partial charge >= 0.3 is 0 Å². The normalized spacial score (nSPS) is 16.8. The third kappa shape index (κ3) is 3.61. The molecule has 3 rings (SSSR count). The Balaban J connectivity index is 2.17. The second-order valence-corrected chi connectivity index (χ2v) is 7.01. The average Bonchev–Trinajstić information content (AvgIpc) is 2.79. The zero-order chi connectivity index (χ0) is 18.7. The van der Waals surface area contributed by atoms with E-state index in [2.05, 4.69) is 5.32 Å². The highest BCUT2D eigenvalue weighted by molar-refractivity contribution is 6.30. The van der Waals surface area contributed by atoms with Crippen LogP contribution in [0.5, 0.6) is 0 Å². The van der Waals surface area contributed by atoms with Crippen molar-refractivity contribution in [3.05, 3.63) is 64.7 Å². The van der Waals surface area contributed by atoms with Gasteiger partial charge in [0.25, 0.3) is 0 Å². The summed E-state index contributed by atoms with van der Waals surface area (Å²) in [6.45, 7) is 4.04. The minimum absolute atomic E-state index is 0.00632. The van der Waals surface area contributed by atoms with Gasteiger partial charge in [0.15, 0.2) is 0 Å². The summed E-state index contributed by atoms with van der Waals surface area (Å²) in [5.74, 6) is -0.284. The van der Waals surface area contributed by atoms with Crippen LogP contribution in [0.1, 0.15) is 43.9 Å². The number of rotatable bonds is 4. The highest BCUT2D eigenvalue weighted by atomic mass is 35.5.